The van der Waals surface area contributed by atoms with Gasteiger partial charge in [0.1, 0.15) is 5.82 Å². The van der Waals surface area contributed by atoms with Gasteiger partial charge in [0.05, 0.1) is 16.7 Å². The Labute approximate surface area is 262 Å². The fourth-order valence-electron chi connectivity index (χ4n) is 7.69. The van der Waals surface area contributed by atoms with Gasteiger partial charge in [-0.3, -0.25) is 4.57 Å². The molecule has 220 valence electrons. The van der Waals surface area contributed by atoms with Crippen molar-refractivity contribution in [3.63, 3.8) is 0 Å². The molecule has 1 aliphatic carbocycles. The first-order chi connectivity index (χ1) is 21.4. The van der Waals surface area contributed by atoms with E-state index >= 15 is 0 Å². The Bertz CT molecular complexity index is 1960. The summed E-state index contributed by atoms with van der Waals surface area (Å²) in [5, 5.41) is 0. The summed E-state index contributed by atoms with van der Waals surface area (Å²) in [5.41, 5.74) is 15.5. The quantitative estimate of drug-likeness (QED) is 0.185. The molecule has 1 aromatic heterocycles. The van der Waals surface area contributed by atoms with Crippen LogP contribution >= 0.6 is 0 Å². The number of hydrogen-bond donors (Lipinski definition) is 0. The van der Waals surface area contributed by atoms with Gasteiger partial charge in [0, 0.05) is 11.0 Å². The van der Waals surface area contributed by atoms with Crippen molar-refractivity contribution in [2.24, 2.45) is 0 Å². The summed E-state index contributed by atoms with van der Waals surface area (Å²) in [6, 6.07) is 40.5. The van der Waals surface area contributed by atoms with E-state index in [0.717, 1.165) is 35.3 Å². The monoisotopic (exact) mass is 574 g/mol. The fourth-order valence-corrected chi connectivity index (χ4v) is 7.69. The topological polar surface area (TPSA) is 17.8 Å². The zero-order valence-electron chi connectivity index (χ0n) is 26.9. The lowest BCUT2D eigenvalue weighted by molar-refractivity contribution is 0.490. The Morgan fingerprint density at radius 1 is 0.591 bits per heavy atom. The van der Waals surface area contributed by atoms with Crippen molar-refractivity contribution in [2.45, 2.75) is 71.6 Å². The molecule has 0 amide bonds. The minimum Gasteiger partial charge on any atom is -0.292 e. The minimum absolute atomic E-state index is 0.0214. The van der Waals surface area contributed by atoms with Gasteiger partial charge in [0.15, 0.2) is 0 Å². The molecule has 0 atom stereocenters. The molecule has 0 aliphatic heterocycles. The maximum absolute atomic E-state index is 5.35. The van der Waals surface area contributed by atoms with Gasteiger partial charge in [-0.15, -0.1) is 0 Å². The van der Waals surface area contributed by atoms with Crippen LogP contribution < -0.4 is 0 Å². The van der Waals surface area contributed by atoms with Gasteiger partial charge in [-0.2, -0.15) is 0 Å². The van der Waals surface area contributed by atoms with E-state index in [0.29, 0.717) is 11.8 Å². The standard InChI is InChI=1S/C42H42N2/c1-7-42(8-2)36-23-21-30(29-15-10-9-11-16-29)25-34(36)35-26-31(22-24-37(35)42)41-43-38-19-12-13-20-39(38)44(41)40-32(27(3)4)17-14-18-33(40)28(5)6/h9-28H,7-8H2,1-6H3. The molecular weight excluding hydrogens is 532 g/mol. The van der Waals surface area contributed by atoms with Crippen LogP contribution in [0.4, 0.5) is 0 Å². The first-order valence-corrected chi connectivity index (χ1v) is 16.3. The van der Waals surface area contributed by atoms with Crippen LogP contribution in [0.15, 0.2) is 109 Å². The van der Waals surface area contributed by atoms with Crippen molar-refractivity contribution >= 4 is 11.0 Å². The van der Waals surface area contributed by atoms with Gasteiger partial charge in [0.25, 0.3) is 0 Å². The number of hydrogen-bond acceptors (Lipinski definition) is 1. The normalized spacial score (nSPS) is 13.5. The Morgan fingerprint density at radius 2 is 1.16 bits per heavy atom. The van der Waals surface area contributed by atoms with E-state index in [9.17, 15) is 0 Å². The van der Waals surface area contributed by atoms with E-state index in [1.807, 2.05) is 0 Å². The third-order valence-corrected chi connectivity index (χ3v) is 10.1. The summed E-state index contributed by atoms with van der Waals surface area (Å²) in [7, 11) is 0. The fraction of sp³-hybridized carbons (Fsp3) is 0.262. The molecule has 0 saturated heterocycles. The highest BCUT2D eigenvalue weighted by Crippen LogP contribution is 2.54. The SMILES string of the molecule is CCC1(CC)c2ccc(-c3ccccc3)cc2-c2cc(-c3nc4ccccc4n3-c3c(C(C)C)cccc3C(C)C)ccc21. The number of nitrogens with zero attached hydrogens (tertiary/aromatic N) is 2. The average Bonchev–Trinajstić information content (AvgIpc) is 3.57. The second-order valence-corrected chi connectivity index (χ2v) is 13.0. The van der Waals surface area contributed by atoms with Crippen LogP contribution in [0.1, 0.15) is 88.5 Å². The number of fused-ring (bicyclic) bond motifs is 4. The number of imidazole rings is 1. The second-order valence-electron chi connectivity index (χ2n) is 13.0. The molecular formula is C42H42N2. The highest BCUT2D eigenvalue weighted by molar-refractivity contribution is 5.89. The van der Waals surface area contributed by atoms with E-state index < -0.39 is 0 Å². The van der Waals surface area contributed by atoms with Crippen LogP contribution in [0.25, 0.3) is 50.4 Å². The highest BCUT2D eigenvalue weighted by Gasteiger charge is 2.41. The molecule has 0 saturated carbocycles. The number of aromatic nitrogens is 2. The van der Waals surface area contributed by atoms with Crippen molar-refractivity contribution in [2.75, 3.05) is 0 Å². The summed E-state index contributed by atoms with van der Waals surface area (Å²) < 4.78 is 2.45. The van der Waals surface area contributed by atoms with Crippen molar-refractivity contribution in [1.29, 1.82) is 0 Å². The van der Waals surface area contributed by atoms with Crippen molar-refractivity contribution in [3.05, 3.63) is 131 Å². The maximum atomic E-state index is 5.35. The first-order valence-electron chi connectivity index (χ1n) is 16.3. The number of benzene rings is 5. The second kappa shape index (κ2) is 10.9. The van der Waals surface area contributed by atoms with E-state index in [1.54, 1.807) is 0 Å². The first kappa shape index (κ1) is 28.3. The maximum Gasteiger partial charge on any atom is 0.145 e. The Kier molecular flexibility index (Phi) is 7.04. The van der Waals surface area contributed by atoms with Gasteiger partial charge in [0.2, 0.25) is 0 Å². The van der Waals surface area contributed by atoms with Gasteiger partial charge in [-0.05, 0) is 93.5 Å². The Hall–Kier alpha value is -4.43. The van der Waals surface area contributed by atoms with E-state index in [4.69, 9.17) is 4.98 Å². The zero-order valence-corrected chi connectivity index (χ0v) is 26.9. The lowest BCUT2D eigenvalue weighted by Gasteiger charge is -2.29. The largest absolute Gasteiger partial charge is 0.292 e. The van der Waals surface area contributed by atoms with Crippen molar-refractivity contribution in [3.8, 4) is 39.3 Å². The molecule has 7 rings (SSSR count). The van der Waals surface area contributed by atoms with E-state index in [-0.39, 0.29) is 5.41 Å². The van der Waals surface area contributed by atoms with Gasteiger partial charge >= 0.3 is 0 Å². The summed E-state index contributed by atoms with van der Waals surface area (Å²) in [6.45, 7) is 13.9. The molecule has 1 aliphatic rings. The van der Waals surface area contributed by atoms with Crippen molar-refractivity contribution in [1.82, 2.24) is 9.55 Å². The lowest BCUT2D eigenvalue weighted by atomic mass is 9.73. The molecule has 6 aromatic rings. The predicted molar refractivity (Wildman–Crippen MR) is 187 cm³/mol. The molecule has 2 heteroatoms. The van der Waals surface area contributed by atoms with Crippen LogP contribution in [0.3, 0.4) is 0 Å². The molecule has 0 unspecified atom stereocenters. The average molecular weight is 575 g/mol. The Balaban J connectivity index is 1.51. The summed E-state index contributed by atoms with van der Waals surface area (Å²) in [6.07, 6.45) is 2.15. The highest BCUT2D eigenvalue weighted by atomic mass is 15.1. The van der Waals surface area contributed by atoms with E-state index in [1.165, 1.54) is 50.2 Å². The molecule has 5 aromatic carbocycles. The summed E-state index contributed by atoms with van der Waals surface area (Å²) >= 11 is 0. The summed E-state index contributed by atoms with van der Waals surface area (Å²) in [5.74, 6) is 1.78. The molecule has 2 nitrogen and oxygen atoms in total. The Morgan fingerprint density at radius 3 is 1.77 bits per heavy atom. The van der Waals surface area contributed by atoms with Crippen molar-refractivity contribution < 1.29 is 0 Å². The summed E-state index contributed by atoms with van der Waals surface area (Å²) in [4.78, 5) is 5.35. The van der Waals surface area contributed by atoms with Gasteiger partial charge < -0.3 is 0 Å². The van der Waals surface area contributed by atoms with Gasteiger partial charge in [-0.25, -0.2) is 4.98 Å². The molecule has 0 fully saturated rings. The molecule has 0 N–H and O–H groups in total. The third kappa shape index (κ3) is 4.26. The van der Waals surface area contributed by atoms with Crippen LogP contribution in [0, 0.1) is 0 Å². The predicted octanol–water partition coefficient (Wildman–Crippen LogP) is 11.7. The molecule has 0 bridgehead atoms. The number of rotatable bonds is 7. The molecule has 44 heavy (non-hydrogen) atoms. The van der Waals surface area contributed by atoms with Crippen LogP contribution in [0.5, 0.6) is 0 Å². The zero-order chi connectivity index (χ0) is 30.6. The smallest absolute Gasteiger partial charge is 0.145 e. The van der Waals surface area contributed by atoms with Crippen LogP contribution in [-0.2, 0) is 5.41 Å². The van der Waals surface area contributed by atoms with E-state index in [2.05, 4.69) is 155 Å². The van der Waals surface area contributed by atoms with Crippen LogP contribution in [-0.4, -0.2) is 9.55 Å². The molecule has 0 spiro atoms. The number of para-hydroxylation sites is 3. The lowest BCUT2D eigenvalue weighted by Crippen LogP contribution is -2.23. The minimum atomic E-state index is 0.0214. The third-order valence-electron chi connectivity index (χ3n) is 10.1. The molecule has 0 radical (unpaired) electrons. The molecule has 1 heterocycles. The van der Waals surface area contributed by atoms with Gasteiger partial charge in [-0.1, -0.05) is 126 Å². The van der Waals surface area contributed by atoms with Crippen LogP contribution in [0.2, 0.25) is 0 Å².